The Morgan fingerprint density at radius 2 is 1.06 bits per heavy atom. The second-order valence-corrected chi connectivity index (χ2v) is 12.5. The quantitative estimate of drug-likeness (QED) is 0.350. The summed E-state index contributed by atoms with van der Waals surface area (Å²) in [7, 11) is 8.32. The summed E-state index contributed by atoms with van der Waals surface area (Å²) in [5.74, 6) is 1.88. The Balaban J connectivity index is 1.16. The van der Waals surface area contributed by atoms with Gasteiger partial charge in [-0.25, -0.2) is 0 Å². The van der Waals surface area contributed by atoms with Gasteiger partial charge in [-0.2, -0.15) is 0 Å². The van der Waals surface area contributed by atoms with E-state index in [0.29, 0.717) is 10.8 Å². The zero-order valence-corrected chi connectivity index (χ0v) is 22.8. The highest BCUT2D eigenvalue weighted by Crippen LogP contribution is 2.67. The summed E-state index contributed by atoms with van der Waals surface area (Å²) in [5, 5.41) is 0. The minimum Gasteiger partial charge on any atom is -0.378 e. The molecule has 4 aliphatic carbocycles. The number of hydrogen-bond donors (Lipinski definition) is 0. The molecule has 4 aliphatic rings. The van der Waals surface area contributed by atoms with Gasteiger partial charge in [-0.3, -0.25) is 9.98 Å². The molecule has 6 rings (SSSR count). The zero-order chi connectivity index (χ0) is 25.2. The number of hydrogen-bond acceptors (Lipinski definition) is 4. The van der Waals surface area contributed by atoms with Crippen molar-refractivity contribution in [2.75, 3.05) is 51.1 Å². The third-order valence-electron chi connectivity index (χ3n) is 9.15. The summed E-state index contributed by atoms with van der Waals surface area (Å²) in [6, 6.07) is 17.4. The molecule has 0 aliphatic heterocycles. The first kappa shape index (κ1) is 25.0. The molecule has 0 spiro atoms. The van der Waals surface area contributed by atoms with Gasteiger partial charge in [0.25, 0.3) is 0 Å². The minimum absolute atomic E-state index is 0.530. The van der Waals surface area contributed by atoms with Crippen molar-refractivity contribution in [2.24, 2.45) is 32.7 Å². The van der Waals surface area contributed by atoms with Crippen LogP contribution in [0.3, 0.4) is 0 Å². The van der Waals surface area contributed by atoms with Crippen molar-refractivity contribution in [3.05, 3.63) is 59.7 Å². The van der Waals surface area contributed by atoms with Gasteiger partial charge in [0, 0.05) is 65.1 Å². The Kier molecular flexibility index (Phi) is 7.23. The van der Waals surface area contributed by atoms with E-state index in [2.05, 4.69) is 99.0 Å². The fourth-order valence-corrected chi connectivity index (χ4v) is 7.89. The lowest BCUT2D eigenvalue weighted by Gasteiger charge is -2.62. The van der Waals surface area contributed by atoms with Crippen LogP contribution in [0.25, 0.3) is 0 Å². The normalized spacial score (nSPS) is 28.9. The molecule has 4 fully saturated rings. The highest BCUT2D eigenvalue weighted by molar-refractivity contribution is 5.80. The van der Waals surface area contributed by atoms with E-state index in [0.717, 1.165) is 24.9 Å². The van der Waals surface area contributed by atoms with Crippen LogP contribution in [0.1, 0.15) is 62.5 Å². The SMILES string of the molecule is CN(C)c1ccc(C=NCCC23CC4CC(C2)CC(CCN=Cc2ccc(N(C)C)cc2)(C4)C3)cc1. The van der Waals surface area contributed by atoms with Crippen molar-refractivity contribution >= 4 is 23.8 Å². The first-order chi connectivity index (χ1) is 17.3. The lowest BCUT2D eigenvalue weighted by Crippen LogP contribution is -2.52. The van der Waals surface area contributed by atoms with Crippen LogP contribution in [0, 0.1) is 22.7 Å². The summed E-state index contributed by atoms with van der Waals surface area (Å²) in [5.41, 5.74) is 5.94. The lowest BCUT2D eigenvalue weighted by molar-refractivity contribution is -0.115. The van der Waals surface area contributed by atoms with Crippen molar-refractivity contribution in [1.82, 2.24) is 0 Å². The number of anilines is 2. The van der Waals surface area contributed by atoms with Crippen LogP contribution >= 0.6 is 0 Å². The molecule has 36 heavy (non-hydrogen) atoms. The van der Waals surface area contributed by atoms with Gasteiger partial charge in [0.15, 0.2) is 0 Å². The van der Waals surface area contributed by atoms with E-state index in [9.17, 15) is 0 Å². The van der Waals surface area contributed by atoms with Crippen molar-refractivity contribution in [2.45, 2.75) is 51.4 Å². The number of aliphatic imine (C=N–C) groups is 2. The van der Waals surface area contributed by atoms with Crippen LogP contribution in [0.4, 0.5) is 11.4 Å². The van der Waals surface area contributed by atoms with Crippen molar-refractivity contribution in [1.29, 1.82) is 0 Å². The molecule has 0 N–H and O–H groups in total. The molecule has 0 heterocycles. The van der Waals surface area contributed by atoms with E-state index >= 15 is 0 Å². The molecular formula is C32H44N4. The molecule has 0 amide bonds. The van der Waals surface area contributed by atoms with Gasteiger partial charge < -0.3 is 9.80 Å². The predicted molar refractivity (Wildman–Crippen MR) is 155 cm³/mol. The van der Waals surface area contributed by atoms with Crippen LogP contribution in [0.5, 0.6) is 0 Å². The standard InChI is InChI=1S/C32H44N4/c1-35(2)29-9-5-25(6-10-29)22-33-15-13-31-18-27-17-28(19-31)21-32(20-27,24-31)14-16-34-23-26-7-11-30(12-8-26)36(3)4/h5-12,22-23,27-28H,13-21,24H2,1-4H3. The minimum atomic E-state index is 0.530. The van der Waals surface area contributed by atoms with E-state index in [4.69, 9.17) is 9.98 Å². The second kappa shape index (κ2) is 10.4. The number of nitrogens with zero attached hydrogens (tertiary/aromatic N) is 4. The molecule has 0 saturated heterocycles. The summed E-state index contributed by atoms with van der Waals surface area (Å²) in [4.78, 5) is 14.0. The predicted octanol–water partition coefficient (Wildman–Crippen LogP) is 6.72. The molecule has 4 heteroatoms. The number of rotatable bonds is 10. The van der Waals surface area contributed by atoms with E-state index in [1.54, 1.807) is 0 Å². The summed E-state index contributed by atoms with van der Waals surface area (Å²) < 4.78 is 0. The van der Waals surface area contributed by atoms with Crippen LogP contribution in [0.15, 0.2) is 58.5 Å². The van der Waals surface area contributed by atoms with E-state index < -0.39 is 0 Å². The average Bonchev–Trinajstić information content (AvgIpc) is 2.84. The van der Waals surface area contributed by atoms with Crippen LogP contribution < -0.4 is 9.80 Å². The molecule has 0 radical (unpaired) electrons. The van der Waals surface area contributed by atoms with Crippen LogP contribution in [0.2, 0.25) is 0 Å². The molecule has 4 saturated carbocycles. The topological polar surface area (TPSA) is 31.2 Å². The average molecular weight is 485 g/mol. The van der Waals surface area contributed by atoms with Gasteiger partial charge in [0.2, 0.25) is 0 Å². The molecule has 0 atom stereocenters. The Labute approximate surface area is 218 Å². The third kappa shape index (κ3) is 5.68. The van der Waals surface area contributed by atoms with E-state index in [1.807, 2.05) is 0 Å². The fourth-order valence-electron chi connectivity index (χ4n) is 7.89. The first-order valence-corrected chi connectivity index (χ1v) is 13.9. The fraction of sp³-hybridized carbons (Fsp3) is 0.562. The van der Waals surface area contributed by atoms with Crippen molar-refractivity contribution < 1.29 is 0 Å². The Morgan fingerprint density at radius 3 is 1.42 bits per heavy atom. The third-order valence-corrected chi connectivity index (χ3v) is 9.15. The Hall–Kier alpha value is -2.62. The van der Waals surface area contributed by atoms with Gasteiger partial charge in [0.05, 0.1) is 0 Å². The van der Waals surface area contributed by atoms with Crippen molar-refractivity contribution in [3.8, 4) is 0 Å². The van der Waals surface area contributed by atoms with Crippen LogP contribution in [-0.2, 0) is 0 Å². The zero-order valence-electron chi connectivity index (χ0n) is 22.8. The second-order valence-electron chi connectivity index (χ2n) is 12.5. The van der Waals surface area contributed by atoms with Gasteiger partial charge in [-0.05, 0) is 109 Å². The molecule has 4 bridgehead atoms. The highest BCUT2D eigenvalue weighted by Gasteiger charge is 2.56. The maximum Gasteiger partial charge on any atom is 0.0394 e. The molecule has 0 unspecified atom stereocenters. The molecular weight excluding hydrogens is 440 g/mol. The van der Waals surface area contributed by atoms with Gasteiger partial charge >= 0.3 is 0 Å². The molecule has 192 valence electrons. The molecule has 2 aromatic carbocycles. The Bertz CT molecular complexity index is 967. The van der Waals surface area contributed by atoms with E-state index in [-0.39, 0.29) is 0 Å². The monoisotopic (exact) mass is 484 g/mol. The summed E-state index contributed by atoms with van der Waals surface area (Å²) >= 11 is 0. The highest BCUT2D eigenvalue weighted by atomic mass is 15.1. The van der Waals surface area contributed by atoms with Crippen molar-refractivity contribution in [3.63, 3.8) is 0 Å². The smallest absolute Gasteiger partial charge is 0.0394 e. The molecule has 0 aromatic heterocycles. The lowest BCUT2D eigenvalue weighted by atomic mass is 9.43. The maximum absolute atomic E-state index is 4.88. The largest absolute Gasteiger partial charge is 0.378 e. The van der Waals surface area contributed by atoms with E-state index in [1.165, 1.54) is 73.9 Å². The van der Waals surface area contributed by atoms with Gasteiger partial charge in [-0.15, -0.1) is 0 Å². The Morgan fingerprint density at radius 1 is 0.667 bits per heavy atom. The summed E-state index contributed by atoms with van der Waals surface area (Å²) in [6.07, 6.45) is 15.3. The van der Waals surface area contributed by atoms with Gasteiger partial charge in [-0.1, -0.05) is 24.3 Å². The summed E-state index contributed by atoms with van der Waals surface area (Å²) in [6.45, 7) is 1.93. The number of benzene rings is 2. The van der Waals surface area contributed by atoms with Gasteiger partial charge in [0.1, 0.15) is 0 Å². The molecule has 2 aromatic rings. The first-order valence-electron chi connectivity index (χ1n) is 13.9. The van der Waals surface area contributed by atoms with Crippen LogP contribution in [-0.4, -0.2) is 53.7 Å². The molecule has 4 nitrogen and oxygen atoms in total. The maximum atomic E-state index is 4.88.